The molecule has 0 saturated carbocycles. The highest BCUT2D eigenvalue weighted by Gasteiger charge is 2.30. The largest absolute Gasteiger partial charge is 0.493 e. The SMILES string of the molecule is C[C@@H](O)[C@@H]1NC(=O)C[C@@H](C(=O)NCc2cccc(CN3CCOCC3)c2)NC(=O)c2ccccc2OCCCNC1=O. The van der Waals surface area contributed by atoms with Gasteiger partial charge in [-0.05, 0) is 36.6 Å². The fraction of sp³-hybridized carbons (Fsp3) is 0.467. The molecule has 0 unspecified atom stereocenters. The van der Waals surface area contributed by atoms with Gasteiger partial charge in [-0.3, -0.25) is 24.1 Å². The number of aliphatic hydroxyl groups excluding tert-OH is 1. The van der Waals surface area contributed by atoms with E-state index in [0.717, 1.165) is 30.8 Å². The van der Waals surface area contributed by atoms with Crippen molar-refractivity contribution in [3.63, 3.8) is 0 Å². The first-order valence-corrected chi connectivity index (χ1v) is 14.2. The zero-order valence-electron chi connectivity index (χ0n) is 23.8. The van der Waals surface area contributed by atoms with Crippen LogP contribution < -0.4 is 26.0 Å². The summed E-state index contributed by atoms with van der Waals surface area (Å²) < 4.78 is 11.2. The number of fused-ring (bicyclic) bond motifs is 1. The number of amides is 4. The number of benzene rings is 2. The fourth-order valence-electron chi connectivity index (χ4n) is 4.79. The van der Waals surface area contributed by atoms with Crippen molar-refractivity contribution in [3.8, 4) is 5.75 Å². The lowest BCUT2D eigenvalue weighted by Crippen LogP contribution is -2.55. The minimum absolute atomic E-state index is 0.183. The summed E-state index contributed by atoms with van der Waals surface area (Å²) in [6.07, 6.45) is -1.20. The molecule has 2 aliphatic rings. The Hall–Kier alpha value is -4.00. The number of hydrogen-bond donors (Lipinski definition) is 5. The van der Waals surface area contributed by atoms with Gasteiger partial charge in [0.15, 0.2) is 0 Å². The molecule has 2 aliphatic heterocycles. The smallest absolute Gasteiger partial charge is 0.255 e. The van der Waals surface area contributed by atoms with Crippen LogP contribution in [0.5, 0.6) is 5.75 Å². The van der Waals surface area contributed by atoms with Gasteiger partial charge in [-0.25, -0.2) is 0 Å². The molecule has 226 valence electrons. The minimum atomic E-state index is -1.26. The quantitative estimate of drug-likeness (QED) is 0.321. The molecule has 0 bridgehead atoms. The van der Waals surface area contributed by atoms with Gasteiger partial charge in [0.25, 0.3) is 5.91 Å². The summed E-state index contributed by atoms with van der Waals surface area (Å²) in [4.78, 5) is 54.6. The van der Waals surface area contributed by atoms with Gasteiger partial charge < -0.3 is 35.8 Å². The summed E-state index contributed by atoms with van der Waals surface area (Å²) in [5.41, 5.74) is 2.18. The average Bonchev–Trinajstić information content (AvgIpc) is 2.98. The highest BCUT2D eigenvalue weighted by atomic mass is 16.5. The zero-order chi connectivity index (χ0) is 29.9. The molecule has 0 aliphatic carbocycles. The maximum absolute atomic E-state index is 13.4. The Balaban J connectivity index is 1.49. The second-order valence-corrected chi connectivity index (χ2v) is 10.4. The summed E-state index contributed by atoms with van der Waals surface area (Å²) in [6, 6.07) is 12.0. The van der Waals surface area contributed by atoms with E-state index in [0.29, 0.717) is 25.4 Å². The van der Waals surface area contributed by atoms with Crippen LogP contribution in [0, 0.1) is 0 Å². The predicted octanol–water partition coefficient (Wildman–Crippen LogP) is 0.0880. The predicted molar refractivity (Wildman–Crippen MR) is 153 cm³/mol. The Labute approximate surface area is 245 Å². The van der Waals surface area contributed by atoms with Gasteiger partial charge in [-0.1, -0.05) is 36.4 Å². The fourth-order valence-corrected chi connectivity index (χ4v) is 4.79. The standard InChI is InChI=1S/C30H39N5O7/c1-20(36)27-30(40)31-10-5-13-42-25-9-3-2-8-23(25)28(38)33-24(17-26(37)34-27)29(39)32-18-21-6-4-7-22(16-21)19-35-11-14-41-15-12-35/h2-4,6-9,16,20,24,27,36H,5,10-15,17-19H2,1H3,(H,31,40)(H,32,39)(H,33,38)(H,34,37)/t20-,24+,27+/m1/s1. The minimum Gasteiger partial charge on any atom is -0.493 e. The summed E-state index contributed by atoms with van der Waals surface area (Å²) in [5, 5.41) is 20.8. The van der Waals surface area contributed by atoms with E-state index in [1.54, 1.807) is 24.3 Å². The summed E-state index contributed by atoms with van der Waals surface area (Å²) in [5.74, 6) is -2.07. The number of carbonyl (C=O) groups excluding carboxylic acids is 4. The van der Waals surface area contributed by atoms with Crippen LogP contribution in [0.25, 0.3) is 0 Å². The van der Waals surface area contributed by atoms with Crippen molar-refractivity contribution in [3.05, 3.63) is 65.2 Å². The number of aliphatic hydroxyl groups is 1. The molecule has 12 nitrogen and oxygen atoms in total. The third-order valence-corrected chi connectivity index (χ3v) is 7.07. The van der Waals surface area contributed by atoms with Crippen molar-refractivity contribution in [1.82, 2.24) is 26.2 Å². The van der Waals surface area contributed by atoms with Crippen LogP contribution in [0.3, 0.4) is 0 Å². The molecule has 5 N–H and O–H groups in total. The topological polar surface area (TPSA) is 158 Å². The molecule has 0 spiro atoms. The number of carbonyl (C=O) groups is 4. The van der Waals surface area contributed by atoms with Crippen molar-refractivity contribution >= 4 is 23.6 Å². The Kier molecular flexibility index (Phi) is 11.3. The zero-order valence-corrected chi connectivity index (χ0v) is 23.8. The van der Waals surface area contributed by atoms with Gasteiger partial charge in [0.05, 0.1) is 37.9 Å². The lowest BCUT2D eigenvalue weighted by molar-refractivity contribution is -0.133. The molecule has 2 aromatic rings. The lowest BCUT2D eigenvalue weighted by atomic mass is 10.1. The molecule has 42 heavy (non-hydrogen) atoms. The average molecular weight is 582 g/mol. The number of nitrogens with one attached hydrogen (secondary N) is 4. The van der Waals surface area contributed by atoms with Crippen LogP contribution >= 0.6 is 0 Å². The first-order chi connectivity index (χ1) is 20.3. The Morgan fingerprint density at radius 2 is 1.81 bits per heavy atom. The van der Waals surface area contributed by atoms with Gasteiger partial charge in [-0.2, -0.15) is 0 Å². The van der Waals surface area contributed by atoms with E-state index in [2.05, 4.69) is 26.2 Å². The van der Waals surface area contributed by atoms with E-state index in [1.165, 1.54) is 6.92 Å². The Morgan fingerprint density at radius 1 is 1.05 bits per heavy atom. The molecular formula is C30H39N5O7. The van der Waals surface area contributed by atoms with Crippen LogP contribution in [-0.4, -0.2) is 91.3 Å². The number of para-hydroxylation sites is 1. The highest BCUT2D eigenvalue weighted by molar-refractivity contribution is 6.01. The molecule has 4 amide bonds. The van der Waals surface area contributed by atoms with Crippen LogP contribution in [0.15, 0.2) is 48.5 Å². The van der Waals surface area contributed by atoms with E-state index < -0.39 is 48.2 Å². The maximum atomic E-state index is 13.4. The number of ether oxygens (including phenoxy) is 2. The first kappa shape index (κ1) is 30.9. The number of hydrogen-bond acceptors (Lipinski definition) is 8. The highest BCUT2D eigenvalue weighted by Crippen LogP contribution is 2.19. The molecule has 1 saturated heterocycles. The Morgan fingerprint density at radius 3 is 2.60 bits per heavy atom. The third-order valence-electron chi connectivity index (χ3n) is 7.07. The molecule has 1 fully saturated rings. The van der Waals surface area contributed by atoms with Crippen molar-refractivity contribution in [2.45, 2.75) is 51.0 Å². The summed E-state index contributed by atoms with van der Waals surface area (Å²) in [6.45, 7) is 5.91. The summed E-state index contributed by atoms with van der Waals surface area (Å²) in [7, 11) is 0. The normalized spacial score (nSPS) is 21.7. The molecule has 2 aromatic carbocycles. The third kappa shape index (κ3) is 9.00. The van der Waals surface area contributed by atoms with Gasteiger partial charge in [0.1, 0.15) is 17.8 Å². The van der Waals surface area contributed by atoms with Crippen LogP contribution in [-0.2, 0) is 32.2 Å². The molecule has 3 atom stereocenters. The van der Waals surface area contributed by atoms with E-state index in [9.17, 15) is 24.3 Å². The van der Waals surface area contributed by atoms with E-state index >= 15 is 0 Å². The molecule has 12 heteroatoms. The second-order valence-electron chi connectivity index (χ2n) is 10.4. The monoisotopic (exact) mass is 581 g/mol. The van der Waals surface area contributed by atoms with Gasteiger partial charge in [-0.15, -0.1) is 0 Å². The van der Waals surface area contributed by atoms with Gasteiger partial charge >= 0.3 is 0 Å². The first-order valence-electron chi connectivity index (χ1n) is 14.2. The number of rotatable bonds is 6. The molecule has 4 rings (SSSR count). The van der Waals surface area contributed by atoms with Crippen molar-refractivity contribution in [2.75, 3.05) is 39.5 Å². The van der Waals surface area contributed by atoms with E-state index in [-0.39, 0.29) is 25.3 Å². The molecular weight excluding hydrogens is 542 g/mol. The van der Waals surface area contributed by atoms with Crippen LogP contribution in [0.4, 0.5) is 0 Å². The van der Waals surface area contributed by atoms with Gasteiger partial charge in [0, 0.05) is 32.7 Å². The summed E-state index contributed by atoms with van der Waals surface area (Å²) >= 11 is 0. The van der Waals surface area contributed by atoms with E-state index in [1.807, 2.05) is 24.3 Å². The number of nitrogens with zero attached hydrogens (tertiary/aromatic N) is 1. The van der Waals surface area contributed by atoms with Gasteiger partial charge in [0.2, 0.25) is 17.7 Å². The second kappa shape index (κ2) is 15.3. The molecule has 0 aromatic heterocycles. The number of morpholine rings is 1. The van der Waals surface area contributed by atoms with Crippen LogP contribution in [0.2, 0.25) is 0 Å². The molecule has 0 radical (unpaired) electrons. The van der Waals surface area contributed by atoms with Crippen LogP contribution in [0.1, 0.15) is 41.3 Å². The lowest BCUT2D eigenvalue weighted by Gasteiger charge is -2.26. The van der Waals surface area contributed by atoms with Crippen molar-refractivity contribution < 1.29 is 33.8 Å². The van der Waals surface area contributed by atoms with Crippen molar-refractivity contribution in [2.24, 2.45) is 0 Å². The maximum Gasteiger partial charge on any atom is 0.255 e. The molecule has 2 heterocycles. The van der Waals surface area contributed by atoms with Crippen molar-refractivity contribution in [1.29, 1.82) is 0 Å². The van der Waals surface area contributed by atoms with E-state index in [4.69, 9.17) is 9.47 Å². The Bertz CT molecular complexity index is 1250.